The van der Waals surface area contributed by atoms with Gasteiger partial charge in [-0.1, -0.05) is 12.1 Å². The average molecular weight is 293 g/mol. The number of nitrogens with zero attached hydrogens (tertiary/aromatic N) is 1. The van der Waals surface area contributed by atoms with Crippen LogP contribution in [0.3, 0.4) is 0 Å². The van der Waals surface area contributed by atoms with E-state index in [-0.39, 0.29) is 11.4 Å². The van der Waals surface area contributed by atoms with E-state index in [9.17, 15) is 23.7 Å². The Kier molecular flexibility index (Phi) is 3.79. The topological polar surface area (TPSA) is 98.3 Å². The van der Waals surface area contributed by atoms with Gasteiger partial charge in [-0.3, -0.25) is 14.9 Å². The SMILES string of the molecule is Nc1c(NC(=O)c2c(F)cccc2F)cccc1[N+](=O)[O-]. The largest absolute Gasteiger partial charge is 0.391 e. The van der Waals surface area contributed by atoms with Crippen molar-refractivity contribution in [2.75, 3.05) is 11.1 Å². The molecule has 0 aliphatic heterocycles. The highest BCUT2D eigenvalue weighted by molar-refractivity contribution is 6.06. The number of para-hydroxylation sites is 1. The number of carbonyl (C=O) groups excluding carboxylic acids is 1. The van der Waals surface area contributed by atoms with Crippen LogP contribution in [0.1, 0.15) is 10.4 Å². The molecule has 1 amide bonds. The molecule has 108 valence electrons. The zero-order valence-electron chi connectivity index (χ0n) is 10.5. The first-order chi connectivity index (χ1) is 9.91. The van der Waals surface area contributed by atoms with Crippen LogP contribution in [0, 0.1) is 21.7 Å². The Hall–Kier alpha value is -3.03. The van der Waals surface area contributed by atoms with Crippen LogP contribution < -0.4 is 11.1 Å². The lowest BCUT2D eigenvalue weighted by Crippen LogP contribution is -2.17. The van der Waals surface area contributed by atoms with Crippen LogP contribution in [0.15, 0.2) is 36.4 Å². The van der Waals surface area contributed by atoms with E-state index in [1.165, 1.54) is 12.1 Å². The van der Waals surface area contributed by atoms with E-state index < -0.39 is 33.7 Å². The number of nitrogens with one attached hydrogen (secondary N) is 1. The van der Waals surface area contributed by atoms with E-state index in [0.29, 0.717) is 0 Å². The summed E-state index contributed by atoms with van der Waals surface area (Å²) in [5.74, 6) is -3.18. The van der Waals surface area contributed by atoms with Gasteiger partial charge in [-0.15, -0.1) is 0 Å². The number of benzene rings is 2. The normalized spacial score (nSPS) is 10.2. The number of nitrogen functional groups attached to an aromatic ring is 1. The van der Waals surface area contributed by atoms with Crippen molar-refractivity contribution in [3.8, 4) is 0 Å². The van der Waals surface area contributed by atoms with Crippen LogP contribution in [0.2, 0.25) is 0 Å². The molecule has 0 saturated carbocycles. The second kappa shape index (κ2) is 5.53. The van der Waals surface area contributed by atoms with Crippen molar-refractivity contribution in [2.45, 2.75) is 0 Å². The van der Waals surface area contributed by atoms with Gasteiger partial charge < -0.3 is 11.1 Å². The molecule has 0 atom stereocenters. The summed E-state index contributed by atoms with van der Waals surface area (Å²) in [4.78, 5) is 21.9. The van der Waals surface area contributed by atoms with Crippen molar-refractivity contribution in [1.29, 1.82) is 0 Å². The van der Waals surface area contributed by atoms with Crippen molar-refractivity contribution in [2.24, 2.45) is 0 Å². The van der Waals surface area contributed by atoms with Gasteiger partial charge in [-0.25, -0.2) is 8.78 Å². The highest BCUT2D eigenvalue weighted by Crippen LogP contribution is 2.29. The summed E-state index contributed by atoms with van der Waals surface area (Å²) in [6.45, 7) is 0. The van der Waals surface area contributed by atoms with E-state index in [0.717, 1.165) is 24.3 Å². The molecular weight excluding hydrogens is 284 g/mol. The Bertz CT molecular complexity index is 714. The van der Waals surface area contributed by atoms with Gasteiger partial charge in [0.25, 0.3) is 11.6 Å². The molecule has 0 spiro atoms. The minimum atomic E-state index is -1.09. The highest BCUT2D eigenvalue weighted by atomic mass is 19.1. The molecule has 0 aliphatic rings. The number of anilines is 2. The van der Waals surface area contributed by atoms with Gasteiger partial charge in [0.05, 0.1) is 10.6 Å². The predicted molar refractivity (Wildman–Crippen MR) is 71.8 cm³/mol. The summed E-state index contributed by atoms with van der Waals surface area (Å²) < 4.78 is 26.9. The van der Waals surface area contributed by atoms with E-state index in [1.807, 2.05) is 0 Å². The first-order valence-electron chi connectivity index (χ1n) is 5.70. The van der Waals surface area contributed by atoms with E-state index >= 15 is 0 Å². The number of halogens is 2. The number of carbonyl (C=O) groups is 1. The Labute approximate surface area is 117 Å². The first-order valence-corrected chi connectivity index (χ1v) is 5.70. The van der Waals surface area contributed by atoms with Gasteiger partial charge in [0.15, 0.2) is 0 Å². The second-order valence-electron chi connectivity index (χ2n) is 4.05. The zero-order valence-corrected chi connectivity index (χ0v) is 10.5. The van der Waals surface area contributed by atoms with Crippen LogP contribution >= 0.6 is 0 Å². The predicted octanol–water partition coefficient (Wildman–Crippen LogP) is 2.71. The van der Waals surface area contributed by atoms with Gasteiger partial charge in [0.2, 0.25) is 0 Å². The number of hydrogen-bond acceptors (Lipinski definition) is 4. The Morgan fingerprint density at radius 3 is 2.29 bits per heavy atom. The number of hydrogen-bond donors (Lipinski definition) is 2. The van der Waals surface area contributed by atoms with Crippen LogP contribution in [-0.2, 0) is 0 Å². The lowest BCUT2D eigenvalue weighted by Gasteiger charge is -2.09. The fourth-order valence-electron chi connectivity index (χ4n) is 1.72. The number of rotatable bonds is 3. The number of nitro groups is 1. The molecule has 6 nitrogen and oxygen atoms in total. The molecule has 0 radical (unpaired) electrons. The number of nitro benzene ring substituents is 1. The minimum Gasteiger partial charge on any atom is -0.391 e. The van der Waals surface area contributed by atoms with Crippen LogP contribution in [-0.4, -0.2) is 10.8 Å². The van der Waals surface area contributed by atoms with Gasteiger partial charge in [0, 0.05) is 6.07 Å². The Morgan fingerprint density at radius 2 is 1.71 bits per heavy atom. The van der Waals surface area contributed by atoms with Crippen LogP contribution in [0.5, 0.6) is 0 Å². The lowest BCUT2D eigenvalue weighted by molar-refractivity contribution is -0.383. The molecule has 3 N–H and O–H groups in total. The third-order valence-corrected chi connectivity index (χ3v) is 2.72. The molecular formula is C13H9F2N3O3. The maximum atomic E-state index is 13.5. The number of amides is 1. The first kappa shape index (κ1) is 14.4. The van der Waals surface area contributed by atoms with E-state index in [1.54, 1.807) is 0 Å². The molecule has 0 aliphatic carbocycles. The average Bonchev–Trinajstić information content (AvgIpc) is 2.40. The lowest BCUT2D eigenvalue weighted by atomic mass is 10.1. The molecule has 2 aromatic carbocycles. The van der Waals surface area contributed by atoms with Crippen LogP contribution in [0.25, 0.3) is 0 Å². The van der Waals surface area contributed by atoms with Crippen LogP contribution in [0.4, 0.5) is 25.8 Å². The molecule has 0 aromatic heterocycles. The van der Waals surface area contributed by atoms with Crippen molar-refractivity contribution in [1.82, 2.24) is 0 Å². The van der Waals surface area contributed by atoms with E-state index in [4.69, 9.17) is 5.73 Å². The summed E-state index contributed by atoms with van der Waals surface area (Å²) >= 11 is 0. The third-order valence-electron chi connectivity index (χ3n) is 2.72. The summed E-state index contributed by atoms with van der Waals surface area (Å²) in [7, 11) is 0. The van der Waals surface area contributed by atoms with Gasteiger partial charge >= 0.3 is 0 Å². The molecule has 8 heteroatoms. The zero-order chi connectivity index (χ0) is 15.6. The molecule has 0 fully saturated rings. The highest BCUT2D eigenvalue weighted by Gasteiger charge is 2.20. The number of nitrogens with two attached hydrogens (primary N) is 1. The van der Waals surface area contributed by atoms with Crippen molar-refractivity contribution < 1.29 is 18.5 Å². The Morgan fingerprint density at radius 1 is 1.14 bits per heavy atom. The Balaban J connectivity index is 2.37. The molecule has 2 rings (SSSR count). The van der Waals surface area contributed by atoms with Crippen molar-refractivity contribution in [3.05, 3.63) is 63.7 Å². The van der Waals surface area contributed by atoms with Gasteiger partial charge in [0.1, 0.15) is 22.9 Å². The standard InChI is InChI=1S/C13H9F2N3O3/c14-7-3-1-4-8(15)11(7)13(19)17-9-5-2-6-10(12(9)16)18(20)21/h1-6H,16H2,(H,17,19). The molecule has 2 aromatic rings. The minimum absolute atomic E-state index is 0.100. The fourth-order valence-corrected chi connectivity index (χ4v) is 1.72. The van der Waals surface area contributed by atoms with Gasteiger partial charge in [-0.05, 0) is 18.2 Å². The molecule has 0 bridgehead atoms. The van der Waals surface area contributed by atoms with Gasteiger partial charge in [-0.2, -0.15) is 0 Å². The van der Waals surface area contributed by atoms with E-state index in [2.05, 4.69) is 5.32 Å². The van der Waals surface area contributed by atoms with Crippen molar-refractivity contribution in [3.63, 3.8) is 0 Å². The molecule has 0 unspecified atom stereocenters. The summed E-state index contributed by atoms with van der Waals surface area (Å²) in [6, 6.07) is 6.70. The maximum Gasteiger partial charge on any atom is 0.294 e. The quantitative estimate of drug-likeness (QED) is 0.516. The summed E-state index contributed by atoms with van der Waals surface area (Å²) in [5.41, 5.74) is 3.94. The molecule has 0 heterocycles. The summed E-state index contributed by atoms with van der Waals surface area (Å²) in [6.07, 6.45) is 0. The fraction of sp³-hybridized carbons (Fsp3) is 0. The smallest absolute Gasteiger partial charge is 0.294 e. The third kappa shape index (κ3) is 2.78. The maximum absolute atomic E-state index is 13.5. The second-order valence-corrected chi connectivity index (χ2v) is 4.05. The molecule has 21 heavy (non-hydrogen) atoms. The van der Waals surface area contributed by atoms with Crippen molar-refractivity contribution >= 4 is 23.0 Å². The molecule has 0 saturated heterocycles. The summed E-state index contributed by atoms with van der Waals surface area (Å²) in [5, 5.41) is 12.9. The monoisotopic (exact) mass is 293 g/mol.